The number of hydrogen-bond donors (Lipinski definition) is 0. The summed E-state index contributed by atoms with van der Waals surface area (Å²) in [5, 5.41) is 2.65. The van der Waals surface area contributed by atoms with Crippen molar-refractivity contribution in [3.63, 3.8) is 0 Å². The molecule has 2 rings (SSSR count). The number of allylic oxidation sites excluding steroid dienone is 1. The SMILES string of the molecule is CCOC(=O)C1=C2SC=C(C(C)=O)N2CCS1. The molecule has 4 nitrogen and oxygen atoms in total. The quantitative estimate of drug-likeness (QED) is 0.731. The molecule has 0 fully saturated rings. The van der Waals surface area contributed by atoms with E-state index in [1.165, 1.54) is 23.5 Å². The molecule has 0 spiro atoms. The Morgan fingerprint density at radius 2 is 2.29 bits per heavy atom. The van der Waals surface area contributed by atoms with E-state index in [4.69, 9.17) is 4.74 Å². The second-order valence-corrected chi connectivity index (χ2v) is 5.50. The minimum atomic E-state index is -0.289. The average molecular weight is 271 g/mol. The second-order valence-electron chi connectivity index (χ2n) is 3.53. The van der Waals surface area contributed by atoms with E-state index in [2.05, 4.69) is 0 Å². The Balaban J connectivity index is 2.27. The fourth-order valence-corrected chi connectivity index (χ4v) is 3.90. The molecule has 0 saturated heterocycles. The highest BCUT2D eigenvalue weighted by Gasteiger charge is 2.33. The highest BCUT2D eigenvalue weighted by molar-refractivity contribution is 8.09. The molecule has 0 aromatic rings. The van der Waals surface area contributed by atoms with E-state index in [1.54, 1.807) is 13.8 Å². The third-order valence-electron chi connectivity index (χ3n) is 2.40. The van der Waals surface area contributed by atoms with Crippen LogP contribution < -0.4 is 0 Å². The Hall–Kier alpha value is -0.880. The molecule has 2 aliphatic rings. The Kier molecular flexibility index (Phi) is 3.83. The maximum Gasteiger partial charge on any atom is 0.347 e. The van der Waals surface area contributed by atoms with Crippen LogP contribution in [0.15, 0.2) is 21.0 Å². The zero-order valence-corrected chi connectivity index (χ0v) is 11.3. The van der Waals surface area contributed by atoms with Gasteiger partial charge in [-0.15, -0.1) is 11.8 Å². The Bertz CT molecular complexity index is 428. The molecular formula is C11H13NO3S2. The lowest BCUT2D eigenvalue weighted by Crippen LogP contribution is -2.29. The third kappa shape index (κ3) is 2.37. The molecule has 0 aromatic carbocycles. The fourth-order valence-electron chi connectivity index (χ4n) is 1.66. The van der Waals surface area contributed by atoms with Crippen molar-refractivity contribution in [1.29, 1.82) is 0 Å². The number of ketones is 1. The summed E-state index contributed by atoms with van der Waals surface area (Å²) in [7, 11) is 0. The predicted octanol–water partition coefficient (Wildman–Crippen LogP) is 1.94. The highest BCUT2D eigenvalue weighted by atomic mass is 32.2. The molecule has 0 aromatic heterocycles. The molecule has 0 bridgehead atoms. The molecule has 0 unspecified atom stereocenters. The van der Waals surface area contributed by atoms with Crippen LogP contribution in [-0.4, -0.2) is 35.6 Å². The number of Topliss-reactive ketones (excluding diaryl/α,β-unsaturated/α-hetero) is 1. The minimum absolute atomic E-state index is 0.0302. The van der Waals surface area contributed by atoms with Gasteiger partial charge in [0, 0.05) is 24.6 Å². The predicted molar refractivity (Wildman–Crippen MR) is 69.2 cm³/mol. The van der Waals surface area contributed by atoms with E-state index in [-0.39, 0.29) is 11.8 Å². The summed E-state index contributed by atoms with van der Waals surface area (Å²) in [6.07, 6.45) is 0. The number of carbonyl (C=O) groups excluding carboxylic acids is 2. The van der Waals surface area contributed by atoms with Crippen LogP contribution in [0.5, 0.6) is 0 Å². The van der Waals surface area contributed by atoms with Gasteiger partial charge in [0.15, 0.2) is 5.78 Å². The first-order valence-corrected chi connectivity index (χ1v) is 7.21. The molecule has 0 atom stereocenters. The van der Waals surface area contributed by atoms with Crippen molar-refractivity contribution in [2.75, 3.05) is 18.9 Å². The fraction of sp³-hybridized carbons (Fsp3) is 0.455. The molecule has 0 radical (unpaired) electrons. The van der Waals surface area contributed by atoms with Gasteiger partial charge in [-0.3, -0.25) is 4.79 Å². The average Bonchev–Trinajstić information content (AvgIpc) is 2.72. The smallest absolute Gasteiger partial charge is 0.347 e. The Morgan fingerprint density at radius 3 is 2.94 bits per heavy atom. The van der Waals surface area contributed by atoms with Crippen LogP contribution in [0.1, 0.15) is 13.8 Å². The van der Waals surface area contributed by atoms with E-state index in [0.29, 0.717) is 17.2 Å². The van der Waals surface area contributed by atoms with Crippen LogP contribution in [0, 0.1) is 0 Å². The van der Waals surface area contributed by atoms with Crippen molar-refractivity contribution in [3.8, 4) is 0 Å². The molecule has 2 heterocycles. The number of hydrogen-bond acceptors (Lipinski definition) is 6. The van der Waals surface area contributed by atoms with Crippen LogP contribution in [0.3, 0.4) is 0 Å². The summed E-state index contributed by atoms with van der Waals surface area (Å²) in [6.45, 7) is 4.46. The van der Waals surface area contributed by atoms with Gasteiger partial charge >= 0.3 is 5.97 Å². The lowest BCUT2D eigenvalue weighted by atomic mass is 10.3. The molecule has 0 saturated carbocycles. The first kappa shape index (κ1) is 12.6. The maximum atomic E-state index is 11.8. The molecule has 17 heavy (non-hydrogen) atoms. The van der Waals surface area contributed by atoms with Crippen molar-refractivity contribution in [1.82, 2.24) is 4.90 Å². The van der Waals surface area contributed by atoms with Crippen LogP contribution in [0.2, 0.25) is 0 Å². The Morgan fingerprint density at radius 1 is 1.53 bits per heavy atom. The zero-order valence-electron chi connectivity index (χ0n) is 9.69. The number of esters is 1. The van der Waals surface area contributed by atoms with Crippen molar-refractivity contribution in [3.05, 3.63) is 21.0 Å². The number of ether oxygens (including phenoxy) is 1. The van der Waals surface area contributed by atoms with Gasteiger partial charge in [0.1, 0.15) is 9.93 Å². The highest BCUT2D eigenvalue weighted by Crippen LogP contribution is 2.43. The summed E-state index contributed by atoms with van der Waals surface area (Å²) in [6, 6.07) is 0. The molecule has 0 aliphatic carbocycles. The number of nitrogens with zero attached hydrogens (tertiary/aromatic N) is 1. The van der Waals surface area contributed by atoms with Gasteiger partial charge in [-0.05, 0) is 6.92 Å². The summed E-state index contributed by atoms with van der Waals surface area (Å²) in [4.78, 5) is 25.7. The normalized spacial score (nSPS) is 18.9. The minimum Gasteiger partial charge on any atom is -0.462 e. The third-order valence-corrected chi connectivity index (χ3v) is 4.55. The van der Waals surface area contributed by atoms with Crippen molar-refractivity contribution in [2.45, 2.75) is 13.8 Å². The van der Waals surface area contributed by atoms with Gasteiger partial charge in [-0.1, -0.05) is 11.8 Å². The molecule has 2 aliphatic heterocycles. The van der Waals surface area contributed by atoms with Crippen molar-refractivity contribution in [2.24, 2.45) is 0 Å². The van der Waals surface area contributed by atoms with E-state index >= 15 is 0 Å². The maximum absolute atomic E-state index is 11.8. The number of fused-ring (bicyclic) bond motifs is 1. The summed E-state index contributed by atoms with van der Waals surface area (Å²) in [5.74, 6) is 0.536. The van der Waals surface area contributed by atoms with Crippen molar-refractivity contribution >= 4 is 35.3 Å². The largest absolute Gasteiger partial charge is 0.462 e. The van der Waals surface area contributed by atoms with Gasteiger partial charge in [0.2, 0.25) is 0 Å². The Labute approximate surface area is 108 Å². The van der Waals surface area contributed by atoms with Crippen LogP contribution in [-0.2, 0) is 14.3 Å². The molecule has 0 N–H and O–H groups in total. The standard InChI is InChI=1S/C11H13NO3S2/c1-3-15-11(14)9-10-12(4-5-16-9)8(6-17-10)7(2)13/h6H,3-5H2,1-2H3. The van der Waals surface area contributed by atoms with E-state index in [0.717, 1.165) is 17.3 Å². The number of rotatable bonds is 3. The van der Waals surface area contributed by atoms with Gasteiger partial charge in [-0.2, -0.15) is 0 Å². The van der Waals surface area contributed by atoms with Gasteiger partial charge in [0.25, 0.3) is 0 Å². The molecule has 6 heteroatoms. The van der Waals surface area contributed by atoms with Crippen LogP contribution >= 0.6 is 23.5 Å². The number of carbonyl (C=O) groups is 2. The van der Waals surface area contributed by atoms with E-state index in [9.17, 15) is 9.59 Å². The van der Waals surface area contributed by atoms with Gasteiger partial charge in [-0.25, -0.2) is 4.79 Å². The van der Waals surface area contributed by atoms with Gasteiger partial charge < -0.3 is 9.64 Å². The summed E-state index contributed by atoms with van der Waals surface area (Å²) < 4.78 is 5.02. The van der Waals surface area contributed by atoms with Crippen LogP contribution in [0.4, 0.5) is 0 Å². The topological polar surface area (TPSA) is 46.6 Å². The summed E-state index contributed by atoms with van der Waals surface area (Å²) >= 11 is 2.93. The molecule has 0 amide bonds. The zero-order chi connectivity index (χ0) is 12.4. The number of thioether (sulfide) groups is 2. The lowest BCUT2D eigenvalue weighted by molar-refractivity contribution is -0.137. The van der Waals surface area contributed by atoms with E-state index < -0.39 is 0 Å². The van der Waals surface area contributed by atoms with E-state index in [1.807, 2.05) is 10.3 Å². The van der Waals surface area contributed by atoms with Crippen molar-refractivity contribution < 1.29 is 14.3 Å². The second kappa shape index (κ2) is 5.18. The monoisotopic (exact) mass is 271 g/mol. The molecule has 92 valence electrons. The first-order valence-electron chi connectivity index (χ1n) is 5.34. The lowest BCUT2D eigenvalue weighted by Gasteiger charge is -2.27. The molecular weight excluding hydrogens is 258 g/mol. The van der Waals surface area contributed by atoms with Crippen LogP contribution in [0.25, 0.3) is 0 Å². The first-order chi connectivity index (χ1) is 8.15. The van der Waals surface area contributed by atoms with Gasteiger partial charge in [0.05, 0.1) is 12.3 Å². The summed E-state index contributed by atoms with van der Waals surface area (Å²) in [5.41, 5.74) is 0.673.